The number of nitrogens with one attached hydrogen (secondary N) is 2. The number of carbonyl (C=O) groups is 2. The summed E-state index contributed by atoms with van der Waals surface area (Å²) in [5, 5.41) is 22.5. The first-order chi connectivity index (χ1) is 9.07. The number of aliphatic hydroxyl groups excluding tert-OH is 1. The summed E-state index contributed by atoms with van der Waals surface area (Å²) in [5.74, 6) is -1.29. The number of aliphatic carboxylic acids is 1. The highest BCUT2D eigenvalue weighted by molar-refractivity contribution is 5.74. The summed E-state index contributed by atoms with van der Waals surface area (Å²) < 4.78 is 5.32. The minimum absolute atomic E-state index is 0.0110. The van der Waals surface area contributed by atoms with Crippen LogP contribution in [0.25, 0.3) is 0 Å². The van der Waals surface area contributed by atoms with E-state index in [0.29, 0.717) is 13.2 Å². The zero-order valence-electron chi connectivity index (χ0n) is 11.4. The molecule has 1 atom stereocenters. The minimum Gasteiger partial charge on any atom is -0.479 e. The molecule has 112 valence electrons. The Morgan fingerprint density at radius 1 is 1.16 bits per heavy atom. The van der Waals surface area contributed by atoms with Gasteiger partial charge in [0.15, 0.2) is 6.10 Å². The monoisotopic (exact) mass is 276 g/mol. The van der Waals surface area contributed by atoms with Crippen LogP contribution in [-0.2, 0) is 9.53 Å². The Labute approximate surface area is 113 Å². The molecule has 0 aromatic rings. The molecular formula is C12H24N2O5. The van der Waals surface area contributed by atoms with E-state index in [0.717, 1.165) is 25.9 Å². The first-order valence-corrected chi connectivity index (χ1v) is 6.58. The fraction of sp³-hybridized carbons (Fsp3) is 0.833. The van der Waals surface area contributed by atoms with Gasteiger partial charge in [-0.15, -0.1) is 0 Å². The smallest absolute Gasteiger partial charge is 0.332 e. The summed E-state index contributed by atoms with van der Waals surface area (Å²) in [5.41, 5.74) is 0. The molecule has 0 aliphatic carbocycles. The number of hydrogen-bond acceptors (Lipinski definition) is 4. The topological polar surface area (TPSA) is 108 Å². The van der Waals surface area contributed by atoms with Gasteiger partial charge in [-0.3, -0.25) is 0 Å². The molecule has 0 saturated carbocycles. The number of hydrogen-bond donors (Lipinski definition) is 4. The number of ether oxygens (including phenoxy) is 1. The Kier molecular flexibility index (Phi) is 10.9. The second kappa shape index (κ2) is 11.7. The number of urea groups is 1. The van der Waals surface area contributed by atoms with E-state index in [9.17, 15) is 9.59 Å². The van der Waals surface area contributed by atoms with Gasteiger partial charge in [0.25, 0.3) is 0 Å². The molecule has 0 radical (unpaired) electrons. The molecule has 7 heteroatoms. The van der Waals surface area contributed by atoms with Gasteiger partial charge in [0.05, 0.1) is 0 Å². The van der Waals surface area contributed by atoms with Crippen LogP contribution in [-0.4, -0.2) is 54.6 Å². The first-order valence-electron chi connectivity index (χ1n) is 6.58. The van der Waals surface area contributed by atoms with Crippen molar-refractivity contribution in [2.45, 2.75) is 38.7 Å². The van der Waals surface area contributed by atoms with Crippen molar-refractivity contribution in [3.8, 4) is 0 Å². The van der Waals surface area contributed by atoms with Crippen LogP contribution in [0.1, 0.15) is 32.6 Å². The van der Waals surface area contributed by atoms with Crippen molar-refractivity contribution in [1.82, 2.24) is 10.6 Å². The van der Waals surface area contributed by atoms with E-state index >= 15 is 0 Å². The van der Waals surface area contributed by atoms with Gasteiger partial charge >= 0.3 is 12.0 Å². The summed E-state index contributed by atoms with van der Waals surface area (Å²) in [7, 11) is 0. The van der Waals surface area contributed by atoms with Crippen LogP contribution in [0.15, 0.2) is 0 Å². The molecule has 2 amide bonds. The minimum atomic E-state index is -1.44. The van der Waals surface area contributed by atoms with E-state index in [1.807, 2.05) is 0 Å². The fourth-order valence-electron chi connectivity index (χ4n) is 1.23. The van der Waals surface area contributed by atoms with Crippen molar-refractivity contribution in [3.05, 3.63) is 0 Å². The second-order valence-electron chi connectivity index (χ2n) is 4.14. The lowest BCUT2D eigenvalue weighted by atomic mass is 10.2. The molecule has 0 aromatic carbocycles. The average molecular weight is 276 g/mol. The van der Waals surface area contributed by atoms with Crippen LogP contribution in [0.2, 0.25) is 0 Å². The summed E-state index contributed by atoms with van der Waals surface area (Å²) in [6.07, 6.45) is 1.42. The number of unbranched alkanes of at least 4 members (excludes halogenated alkanes) is 1. The maximum absolute atomic E-state index is 11.2. The zero-order chi connectivity index (χ0) is 14.5. The molecule has 0 bridgehead atoms. The highest BCUT2D eigenvalue weighted by Crippen LogP contribution is 1.90. The van der Waals surface area contributed by atoms with E-state index in [2.05, 4.69) is 17.6 Å². The number of carboxylic acid groups (broad SMARTS) is 1. The molecule has 0 unspecified atom stereocenters. The third kappa shape index (κ3) is 11.5. The number of carbonyl (C=O) groups excluding carboxylic acids is 1. The Morgan fingerprint density at radius 2 is 1.79 bits per heavy atom. The Morgan fingerprint density at radius 3 is 2.42 bits per heavy atom. The van der Waals surface area contributed by atoms with Gasteiger partial charge in [-0.2, -0.15) is 0 Å². The van der Waals surface area contributed by atoms with Gasteiger partial charge < -0.3 is 25.6 Å². The van der Waals surface area contributed by atoms with Crippen molar-refractivity contribution in [3.63, 3.8) is 0 Å². The summed E-state index contributed by atoms with van der Waals surface area (Å²) >= 11 is 0. The zero-order valence-corrected chi connectivity index (χ0v) is 11.4. The molecular weight excluding hydrogens is 252 g/mol. The fourth-order valence-corrected chi connectivity index (χ4v) is 1.23. The maximum Gasteiger partial charge on any atom is 0.332 e. The first kappa shape index (κ1) is 17.7. The number of rotatable bonds is 11. The molecule has 4 N–H and O–H groups in total. The van der Waals surface area contributed by atoms with Crippen LogP contribution in [0.5, 0.6) is 0 Å². The van der Waals surface area contributed by atoms with Crippen LogP contribution >= 0.6 is 0 Å². The second-order valence-corrected chi connectivity index (χ2v) is 4.14. The van der Waals surface area contributed by atoms with E-state index in [1.165, 1.54) is 0 Å². The van der Waals surface area contributed by atoms with Gasteiger partial charge in [0.1, 0.15) is 0 Å². The molecule has 0 saturated heterocycles. The van der Waals surface area contributed by atoms with Gasteiger partial charge in [-0.05, 0) is 12.8 Å². The number of aliphatic hydroxyl groups is 1. The van der Waals surface area contributed by atoms with E-state index in [4.69, 9.17) is 14.9 Å². The molecule has 0 aliphatic rings. The highest BCUT2D eigenvalue weighted by Gasteiger charge is 2.12. The summed E-state index contributed by atoms with van der Waals surface area (Å²) in [6.45, 7) is 4.07. The standard InChI is InChI=1S/C12H24N2O5/c1-2-3-8-19-9-4-6-13-12(18)14-7-5-10(15)11(16)17/h10,15H,2-9H2,1H3,(H,16,17)(H2,13,14,18)/t10-/m0/s1. The molecule has 0 fully saturated rings. The SMILES string of the molecule is CCCCOCCCNC(=O)NCC[C@H](O)C(=O)O. The molecule has 7 nitrogen and oxygen atoms in total. The number of amides is 2. The Bertz CT molecular complexity index is 261. The number of carboxylic acids is 1. The Hall–Kier alpha value is -1.34. The van der Waals surface area contributed by atoms with E-state index < -0.39 is 12.1 Å². The van der Waals surface area contributed by atoms with Crippen LogP contribution in [0.4, 0.5) is 4.79 Å². The molecule has 0 rings (SSSR count). The predicted octanol–water partition coefficient (Wildman–Crippen LogP) is 0.328. The Balaban J connectivity index is 3.33. The van der Waals surface area contributed by atoms with Crippen molar-refractivity contribution in [2.24, 2.45) is 0 Å². The van der Waals surface area contributed by atoms with Gasteiger partial charge in [0.2, 0.25) is 0 Å². The lowest BCUT2D eigenvalue weighted by Gasteiger charge is -2.09. The lowest BCUT2D eigenvalue weighted by molar-refractivity contribution is -0.146. The third-order valence-corrected chi connectivity index (χ3v) is 2.38. The van der Waals surface area contributed by atoms with E-state index in [1.54, 1.807) is 0 Å². The normalized spacial score (nSPS) is 11.9. The molecule has 0 aliphatic heterocycles. The highest BCUT2D eigenvalue weighted by atomic mass is 16.5. The summed E-state index contributed by atoms with van der Waals surface area (Å²) in [4.78, 5) is 21.5. The maximum atomic E-state index is 11.2. The molecule has 0 aromatic heterocycles. The largest absolute Gasteiger partial charge is 0.479 e. The quantitative estimate of drug-likeness (QED) is 0.407. The van der Waals surface area contributed by atoms with Crippen molar-refractivity contribution in [2.75, 3.05) is 26.3 Å². The molecule has 0 spiro atoms. The van der Waals surface area contributed by atoms with Gasteiger partial charge in [0, 0.05) is 32.7 Å². The van der Waals surface area contributed by atoms with Crippen LogP contribution < -0.4 is 10.6 Å². The molecule has 19 heavy (non-hydrogen) atoms. The molecule has 0 heterocycles. The van der Waals surface area contributed by atoms with Gasteiger partial charge in [-0.1, -0.05) is 13.3 Å². The van der Waals surface area contributed by atoms with Crippen molar-refractivity contribution in [1.29, 1.82) is 0 Å². The van der Waals surface area contributed by atoms with Gasteiger partial charge in [-0.25, -0.2) is 9.59 Å². The predicted molar refractivity (Wildman–Crippen MR) is 70.0 cm³/mol. The summed E-state index contributed by atoms with van der Waals surface area (Å²) in [6, 6.07) is -0.369. The van der Waals surface area contributed by atoms with Crippen LogP contribution in [0.3, 0.4) is 0 Å². The van der Waals surface area contributed by atoms with E-state index in [-0.39, 0.29) is 19.0 Å². The van der Waals surface area contributed by atoms with Crippen molar-refractivity contribution < 1.29 is 24.5 Å². The average Bonchev–Trinajstić information content (AvgIpc) is 2.37. The van der Waals surface area contributed by atoms with Crippen LogP contribution in [0, 0.1) is 0 Å². The third-order valence-electron chi connectivity index (χ3n) is 2.38. The van der Waals surface area contributed by atoms with Crippen molar-refractivity contribution >= 4 is 12.0 Å². The lowest BCUT2D eigenvalue weighted by Crippen LogP contribution is -2.38.